The lowest BCUT2D eigenvalue weighted by Crippen LogP contribution is -2.12. The SMILES string of the molecule is CC.CC.CC.CC.CC.CC.CC.CC.CC.CC(C)C1CCCC1.CC(C)C1CCCC1.CC(C)C1CCCC1.CC(C)C1CCCCC1.CC(C)C1CCCCC1.CC(C)C1CCCCC1.CC(C)CC(=O)O.CC(C)COS(=S)S.CC(C)CP(=O)(O)O.CC(C)c1ccccc1.CC(C)c1ccccc1.CC(C)c1ccccc1. The topological polar surface area (TPSA) is 104 Å². The monoisotopic (exact) mass is 1760 g/mol. The molecule has 0 aliphatic heterocycles. The van der Waals surface area contributed by atoms with Gasteiger partial charge in [-0.25, -0.2) is 0 Å². The van der Waals surface area contributed by atoms with Gasteiger partial charge in [-0.15, -0.1) is 0 Å². The molecule has 1 atom stereocenters. The normalized spacial score (nSPS) is 15.0. The van der Waals surface area contributed by atoms with Crippen LogP contribution < -0.4 is 0 Å². The number of aliphatic carboxylic acids is 1. The van der Waals surface area contributed by atoms with Gasteiger partial charge in [-0.1, -0.05) is 567 Å². The first kappa shape index (κ1) is 143. The molecule has 0 radical (unpaired) electrons. The molecule has 3 aromatic rings. The van der Waals surface area contributed by atoms with Crippen LogP contribution in [0.2, 0.25) is 0 Å². The Morgan fingerprint density at radius 2 is 0.496 bits per heavy atom. The van der Waals surface area contributed by atoms with Crippen LogP contribution in [0, 0.1) is 88.8 Å². The molecule has 0 spiro atoms. The van der Waals surface area contributed by atoms with Gasteiger partial charge in [-0.05, 0) is 134 Å². The molecule has 718 valence electrons. The molecule has 1 unspecified atom stereocenters. The molecule has 6 nitrogen and oxygen atoms in total. The summed E-state index contributed by atoms with van der Waals surface area (Å²) in [7, 11) is -4.28. The van der Waals surface area contributed by atoms with Crippen LogP contribution in [0.25, 0.3) is 0 Å². The Hall–Kier alpha value is -1.84. The highest BCUT2D eigenvalue weighted by Crippen LogP contribution is 2.37. The van der Waals surface area contributed by atoms with E-state index in [4.69, 9.17) is 19.1 Å². The minimum atomic E-state index is -3.72. The molecular weight excluding hydrogens is 1530 g/mol. The average Bonchev–Trinajstić information content (AvgIpc) is 1.93. The number of hydrogen-bond acceptors (Lipinski definition) is 4. The van der Waals surface area contributed by atoms with Crippen LogP contribution in [0.15, 0.2) is 91.0 Å². The Balaban J connectivity index is -0.000000103. The van der Waals surface area contributed by atoms with E-state index in [9.17, 15) is 9.36 Å². The Bertz CT molecular complexity index is 2090. The number of carbonyl (C=O) groups is 1. The summed E-state index contributed by atoms with van der Waals surface area (Å²) in [5.41, 5.74) is 4.24. The quantitative estimate of drug-likeness (QED) is 0.0643. The first-order valence-corrected chi connectivity index (χ1v) is 55.5. The molecule has 0 bridgehead atoms. The van der Waals surface area contributed by atoms with E-state index in [0.717, 1.165) is 77.6 Å². The minimum absolute atomic E-state index is 0.00694. The molecule has 6 saturated carbocycles. The zero-order chi connectivity index (χ0) is 95.3. The van der Waals surface area contributed by atoms with Gasteiger partial charge in [0.1, 0.15) is 0 Å². The van der Waals surface area contributed by atoms with Crippen molar-refractivity contribution in [1.82, 2.24) is 0 Å². The van der Waals surface area contributed by atoms with Crippen molar-refractivity contribution < 1.29 is 28.4 Å². The molecular formula is C109H223O6PS3. The predicted molar refractivity (Wildman–Crippen MR) is 562 cm³/mol. The molecule has 9 rings (SSSR count). The van der Waals surface area contributed by atoms with Crippen molar-refractivity contribution >= 4 is 45.2 Å². The second-order valence-electron chi connectivity index (χ2n) is 34.6. The van der Waals surface area contributed by atoms with Crippen molar-refractivity contribution in [2.45, 2.75) is 488 Å². The average molecular weight is 1760 g/mol. The highest BCUT2D eigenvalue weighted by molar-refractivity contribution is 8.74. The van der Waals surface area contributed by atoms with Gasteiger partial charge in [-0.3, -0.25) is 9.36 Å². The van der Waals surface area contributed by atoms with E-state index in [0.29, 0.717) is 23.7 Å². The maximum absolute atomic E-state index is 10.1. The summed E-state index contributed by atoms with van der Waals surface area (Å²) in [5, 5.41) is 8.08. The van der Waals surface area contributed by atoms with E-state index < -0.39 is 22.3 Å². The van der Waals surface area contributed by atoms with Crippen LogP contribution in [-0.4, -0.2) is 33.6 Å². The fourth-order valence-electron chi connectivity index (χ4n) is 13.8. The van der Waals surface area contributed by atoms with Gasteiger partial charge >= 0.3 is 13.6 Å². The number of thiol groups is 1. The van der Waals surface area contributed by atoms with Crippen molar-refractivity contribution in [3.8, 4) is 0 Å². The minimum Gasteiger partial charge on any atom is -0.481 e. The van der Waals surface area contributed by atoms with Crippen molar-refractivity contribution in [1.29, 1.82) is 0 Å². The fraction of sp³-hybridized carbons (Fsp3) is 0.826. The molecule has 0 heterocycles. The zero-order valence-electron chi connectivity index (χ0n) is 88.5. The Kier molecular flexibility index (Phi) is 130. The largest absolute Gasteiger partial charge is 0.481 e. The Morgan fingerprint density at radius 3 is 0.563 bits per heavy atom. The summed E-state index contributed by atoms with van der Waals surface area (Å²) in [6.07, 6.45) is 40.6. The lowest BCUT2D eigenvalue weighted by molar-refractivity contribution is -0.137. The Morgan fingerprint density at radius 1 is 0.328 bits per heavy atom. The first-order chi connectivity index (χ1) is 56.4. The Labute approximate surface area is 765 Å². The molecule has 0 aromatic heterocycles. The van der Waals surface area contributed by atoms with Crippen molar-refractivity contribution in [2.75, 3.05) is 12.8 Å². The van der Waals surface area contributed by atoms with Crippen LogP contribution in [0.5, 0.6) is 0 Å². The van der Waals surface area contributed by atoms with Crippen LogP contribution in [0.3, 0.4) is 0 Å². The van der Waals surface area contributed by atoms with Crippen LogP contribution in [0.4, 0.5) is 0 Å². The highest BCUT2D eigenvalue weighted by atomic mass is 33.3. The summed E-state index contributed by atoms with van der Waals surface area (Å²) in [4.78, 5) is 26.4. The number of hydrogen-bond donors (Lipinski definition) is 4. The number of carboxylic acid groups (broad SMARTS) is 1. The maximum atomic E-state index is 10.1. The molecule has 0 amide bonds. The molecule has 6 aliphatic carbocycles. The molecule has 10 heteroatoms. The van der Waals surface area contributed by atoms with Crippen molar-refractivity contribution in [3.63, 3.8) is 0 Å². The first-order valence-electron chi connectivity index (χ1n) is 50.6. The second kappa shape index (κ2) is 108. The van der Waals surface area contributed by atoms with Gasteiger partial charge in [0.05, 0.1) is 21.5 Å². The van der Waals surface area contributed by atoms with Gasteiger partial charge < -0.3 is 19.1 Å². The van der Waals surface area contributed by atoms with Gasteiger partial charge in [0.15, 0.2) is 0 Å². The summed E-state index contributed by atoms with van der Waals surface area (Å²) < 4.78 is 15.1. The molecule has 119 heavy (non-hydrogen) atoms. The van der Waals surface area contributed by atoms with Gasteiger partial charge in [-0.2, -0.15) is 0 Å². The lowest BCUT2D eigenvalue weighted by atomic mass is 9.82. The number of rotatable bonds is 16. The van der Waals surface area contributed by atoms with Gasteiger partial charge in [0, 0.05) is 6.42 Å². The highest BCUT2D eigenvalue weighted by Gasteiger charge is 2.21. The maximum Gasteiger partial charge on any atom is 0.325 e. The van der Waals surface area contributed by atoms with Crippen LogP contribution in [0.1, 0.15) is 505 Å². The molecule has 0 saturated heterocycles. The van der Waals surface area contributed by atoms with E-state index >= 15 is 0 Å². The standard InChI is InChI=1S/3C9H18.3C9H12.3C8H16.C5H10O2.C4H11O3P.C4H10OS3.9C2H6/c6*1-8(2)9-6-4-3-5-7-9;3*1-7(2)8-5-3-4-6-8;1-4(2)3-5(6)7;1-4(2)3-8(5,6)7;1-4(2)3-5-8(6)7;9*1-2/h3*8-9H,3-7H2,1-2H3;3*3-8H,1-2H3;3*7-8H,3-6H2,1-2H3;4H,3H2,1-2H3,(H,6,7);4H,3H2,1-2H3,(H2,5,6,7);4H,3H2,1-2H3,(H,6,7);9*1-2H3. The molecule has 6 aliphatic rings. The third-order valence-electron chi connectivity index (χ3n) is 20.9. The van der Waals surface area contributed by atoms with Crippen LogP contribution >= 0.6 is 19.3 Å². The molecule has 3 N–H and O–H groups in total. The second-order valence-corrected chi connectivity index (χ2v) is 39.6. The molecule has 6 fully saturated rings. The third-order valence-corrected chi connectivity index (χ3v) is 23.0. The summed E-state index contributed by atoms with van der Waals surface area (Å²) in [6, 6.07) is 31.6. The number of carboxylic acids is 1. The third kappa shape index (κ3) is 110. The van der Waals surface area contributed by atoms with Gasteiger partial charge in [0.2, 0.25) is 0 Å². The van der Waals surface area contributed by atoms with E-state index in [1.165, 1.54) is 190 Å². The van der Waals surface area contributed by atoms with Crippen molar-refractivity contribution in [3.05, 3.63) is 108 Å². The van der Waals surface area contributed by atoms with Crippen LogP contribution in [-0.2, 0) is 33.5 Å². The van der Waals surface area contributed by atoms with E-state index in [1.54, 1.807) is 13.8 Å². The van der Waals surface area contributed by atoms with Crippen molar-refractivity contribution in [2.24, 2.45) is 88.8 Å². The summed E-state index contributed by atoms with van der Waals surface area (Å²) >= 11 is 8.56. The molecule has 3 aromatic carbocycles. The lowest BCUT2D eigenvalue weighted by Gasteiger charge is -2.24. The number of benzene rings is 3. The zero-order valence-corrected chi connectivity index (χ0v) is 92.0. The fourth-order valence-corrected chi connectivity index (χ4v) is 15.5. The van der Waals surface area contributed by atoms with E-state index in [1.807, 2.05) is 157 Å². The predicted octanol–water partition coefficient (Wildman–Crippen LogP) is 39.3. The summed E-state index contributed by atoms with van der Waals surface area (Å²) in [5.74, 6) is 14.2. The summed E-state index contributed by atoms with van der Waals surface area (Å²) in [6.45, 7) is 89.6. The smallest absolute Gasteiger partial charge is 0.325 e. The van der Waals surface area contributed by atoms with Gasteiger partial charge in [0.25, 0.3) is 0 Å². The van der Waals surface area contributed by atoms with E-state index in [-0.39, 0.29) is 24.4 Å². The van der Waals surface area contributed by atoms with E-state index in [2.05, 4.69) is 234 Å².